The van der Waals surface area contributed by atoms with E-state index in [1.807, 2.05) is 0 Å². The van der Waals surface area contributed by atoms with Crippen molar-refractivity contribution < 1.29 is 13.5 Å². The lowest BCUT2D eigenvalue weighted by Crippen LogP contribution is -2.44. The van der Waals surface area contributed by atoms with E-state index in [4.69, 9.17) is 21.3 Å². The van der Waals surface area contributed by atoms with Crippen molar-refractivity contribution in [2.24, 2.45) is 13.0 Å². The van der Waals surface area contributed by atoms with Crippen molar-refractivity contribution in [2.45, 2.75) is 31.2 Å². The zero-order valence-corrected chi connectivity index (χ0v) is 22.1. The van der Waals surface area contributed by atoms with E-state index >= 15 is 0 Å². The molecule has 202 valence electrons. The van der Waals surface area contributed by atoms with Gasteiger partial charge in [-0.3, -0.25) is 4.79 Å². The van der Waals surface area contributed by atoms with Gasteiger partial charge in [-0.25, -0.2) is 13.8 Å². The first-order valence-electron chi connectivity index (χ1n) is 12.9. The minimum absolute atomic E-state index is 0.0894. The second-order valence-electron chi connectivity index (χ2n) is 10.4. The van der Waals surface area contributed by atoms with Crippen LogP contribution in [0.1, 0.15) is 19.3 Å². The number of hydrogen-bond acceptors (Lipinski definition) is 8. The molecule has 0 unspecified atom stereocenters. The highest BCUT2D eigenvalue weighted by Crippen LogP contribution is 2.45. The van der Waals surface area contributed by atoms with Gasteiger partial charge >= 0.3 is 5.92 Å². The van der Waals surface area contributed by atoms with Gasteiger partial charge in [0.25, 0.3) is 5.56 Å². The average molecular weight is 546 g/mol. The summed E-state index contributed by atoms with van der Waals surface area (Å²) in [6.07, 6.45) is 4.03. The van der Waals surface area contributed by atoms with E-state index < -0.39 is 24.1 Å². The van der Waals surface area contributed by atoms with E-state index in [2.05, 4.69) is 32.5 Å². The molecule has 0 amide bonds. The van der Waals surface area contributed by atoms with Crippen molar-refractivity contribution in [3.8, 4) is 5.75 Å². The van der Waals surface area contributed by atoms with E-state index in [9.17, 15) is 13.6 Å². The topological polar surface area (TPSA) is 87.5 Å². The molecule has 0 bridgehead atoms. The standard InChI is InChI=1S/C26H30ClF2N7O2/c1-34-8-3-9-36(11-10-34)25-30-13-18(27)23(33-25)31-16-6-7-19-17(12-16)20-21(24(37)35(19)2)38-14-26(28,29)22(32-20)15-4-5-15/h6-7,12-13,15,22,32H,3-5,8-11,14H2,1-2H3,(H,30,31,33)/t22-/m0/s1. The predicted octanol–water partition coefficient (Wildman–Crippen LogP) is 4.09. The Hall–Kier alpha value is -3.18. The van der Waals surface area contributed by atoms with Gasteiger partial charge in [-0.05, 0) is 57.0 Å². The Morgan fingerprint density at radius 2 is 2.00 bits per heavy atom. The number of fused-ring (bicyclic) bond motifs is 3. The summed E-state index contributed by atoms with van der Waals surface area (Å²) in [6, 6.07) is 4.28. The fraction of sp³-hybridized carbons (Fsp3) is 0.500. The van der Waals surface area contributed by atoms with Crippen LogP contribution in [0.2, 0.25) is 5.02 Å². The second-order valence-corrected chi connectivity index (χ2v) is 10.9. The largest absolute Gasteiger partial charge is 0.480 e. The third-order valence-electron chi connectivity index (χ3n) is 7.61. The Labute approximate surface area is 223 Å². The van der Waals surface area contributed by atoms with Crippen LogP contribution in [0.5, 0.6) is 5.75 Å². The van der Waals surface area contributed by atoms with Crippen molar-refractivity contribution in [3.63, 3.8) is 0 Å². The monoisotopic (exact) mass is 545 g/mol. The van der Waals surface area contributed by atoms with Gasteiger partial charge in [0.15, 0.2) is 12.4 Å². The fourth-order valence-corrected chi connectivity index (χ4v) is 5.41. The van der Waals surface area contributed by atoms with Crippen LogP contribution in [0.25, 0.3) is 10.9 Å². The number of halogens is 3. The summed E-state index contributed by atoms with van der Waals surface area (Å²) in [6.45, 7) is 2.76. The van der Waals surface area contributed by atoms with Crippen LogP contribution >= 0.6 is 11.6 Å². The molecule has 1 saturated heterocycles. The Balaban J connectivity index is 1.37. The molecule has 6 rings (SSSR count). The zero-order chi connectivity index (χ0) is 26.6. The predicted molar refractivity (Wildman–Crippen MR) is 144 cm³/mol. The van der Waals surface area contributed by atoms with E-state index in [-0.39, 0.29) is 11.7 Å². The van der Waals surface area contributed by atoms with E-state index in [0.29, 0.717) is 39.1 Å². The third kappa shape index (κ3) is 4.62. The van der Waals surface area contributed by atoms with Gasteiger partial charge in [-0.1, -0.05) is 11.6 Å². The minimum atomic E-state index is -3.10. The van der Waals surface area contributed by atoms with Crippen molar-refractivity contribution >= 4 is 45.6 Å². The summed E-state index contributed by atoms with van der Waals surface area (Å²) in [5, 5.41) is 7.22. The van der Waals surface area contributed by atoms with Crippen LogP contribution in [-0.2, 0) is 7.05 Å². The first kappa shape index (κ1) is 25.1. The number of hydrogen-bond donors (Lipinski definition) is 2. The summed E-state index contributed by atoms with van der Waals surface area (Å²) < 4.78 is 36.7. The Morgan fingerprint density at radius 1 is 1.18 bits per heavy atom. The summed E-state index contributed by atoms with van der Waals surface area (Å²) in [7, 11) is 3.71. The molecular weight excluding hydrogens is 516 g/mol. The maximum atomic E-state index is 14.9. The van der Waals surface area contributed by atoms with E-state index in [1.54, 1.807) is 31.4 Å². The second kappa shape index (κ2) is 9.53. The van der Waals surface area contributed by atoms with Crippen LogP contribution in [0, 0.1) is 5.92 Å². The number of aromatic nitrogens is 3. The van der Waals surface area contributed by atoms with Crippen molar-refractivity contribution in [3.05, 3.63) is 39.8 Å². The molecule has 38 heavy (non-hydrogen) atoms. The van der Waals surface area contributed by atoms with Gasteiger partial charge in [0.05, 0.1) is 23.4 Å². The molecule has 1 aromatic carbocycles. The van der Waals surface area contributed by atoms with Gasteiger partial charge in [0.1, 0.15) is 5.02 Å². The van der Waals surface area contributed by atoms with Crippen molar-refractivity contribution in [1.29, 1.82) is 0 Å². The Bertz CT molecular complexity index is 1450. The van der Waals surface area contributed by atoms with Crippen LogP contribution in [0.4, 0.5) is 31.9 Å². The minimum Gasteiger partial charge on any atom is -0.480 e. The van der Waals surface area contributed by atoms with Crippen LogP contribution in [0.3, 0.4) is 0 Å². The van der Waals surface area contributed by atoms with Gasteiger partial charge in [0, 0.05) is 37.8 Å². The van der Waals surface area contributed by atoms with Crippen molar-refractivity contribution in [2.75, 3.05) is 55.4 Å². The van der Waals surface area contributed by atoms with Crippen LogP contribution in [-0.4, -0.2) is 71.2 Å². The number of nitrogens with zero attached hydrogens (tertiary/aromatic N) is 5. The van der Waals surface area contributed by atoms with E-state index in [1.165, 1.54) is 4.57 Å². The summed E-state index contributed by atoms with van der Waals surface area (Å²) >= 11 is 6.46. The summed E-state index contributed by atoms with van der Waals surface area (Å²) in [5.41, 5.74) is 1.07. The molecule has 1 aliphatic carbocycles. The first-order valence-corrected chi connectivity index (χ1v) is 13.3. The molecule has 1 atom stereocenters. The Morgan fingerprint density at radius 3 is 2.79 bits per heavy atom. The van der Waals surface area contributed by atoms with E-state index in [0.717, 1.165) is 45.4 Å². The van der Waals surface area contributed by atoms with Crippen LogP contribution in [0.15, 0.2) is 29.2 Å². The molecule has 9 nitrogen and oxygen atoms in total. The van der Waals surface area contributed by atoms with Gasteiger partial charge in [-0.2, -0.15) is 4.98 Å². The normalized spacial score (nSPS) is 21.7. The fourth-order valence-electron chi connectivity index (χ4n) is 5.27. The number of anilines is 4. The lowest BCUT2D eigenvalue weighted by Gasteiger charge is -2.25. The molecule has 2 aromatic heterocycles. The zero-order valence-electron chi connectivity index (χ0n) is 21.3. The molecule has 4 heterocycles. The Kier molecular flexibility index (Phi) is 6.30. The highest BCUT2D eigenvalue weighted by Gasteiger charge is 2.51. The molecule has 2 fully saturated rings. The SMILES string of the molecule is CN1CCCN(c2ncc(Cl)c(Nc3ccc4c(c3)c3c(c(=O)n4C)OCC(F)(F)[C@H](C4CC4)N3)n2)CC1. The highest BCUT2D eigenvalue weighted by atomic mass is 35.5. The molecule has 12 heteroatoms. The number of ether oxygens (including phenoxy) is 1. The number of pyridine rings is 1. The number of aryl methyl sites for hydroxylation is 1. The number of likely N-dealkylation sites (N-methyl/N-ethyl adjacent to an activating group) is 1. The lowest BCUT2D eigenvalue weighted by atomic mass is 10.0. The third-order valence-corrected chi connectivity index (χ3v) is 7.88. The van der Waals surface area contributed by atoms with Crippen LogP contribution < -0.4 is 25.8 Å². The molecule has 2 aliphatic heterocycles. The maximum Gasteiger partial charge on any atom is 0.301 e. The van der Waals surface area contributed by atoms with Crippen molar-refractivity contribution in [1.82, 2.24) is 19.4 Å². The maximum absolute atomic E-state index is 14.9. The molecule has 3 aromatic rings. The highest BCUT2D eigenvalue weighted by molar-refractivity contribution is 6.32. The van der Waals surface area contributed by atoms with Gasteiger partial charge in [0.2, 0.25) is 11.7 Å². The molecular formula is C26H30ClF2N7O2. The average Bonchev–Trinajstić information content (AvgIpc) is 3.74. The summed E-state index contributed by atoms with van der Waals surface area (Å²) in [4.78, 5) is 26.6. The number of nitrogens with one attached hydrogen (secondary N) is 2. The number of alkyl halides is 2. The quantitative estimate of drug-likeness (QED) is 0.507. The molecule has 1 saturated carbocycles. The molecule has 0 radical (unpaired) electrons. The molecule has 3 aliphatic rings. The van der Waals surface area contributed by atoms with Gasteiger partial charge < -0.3 is 29.7 Å². The summed E-state index contributed by atoms with van der Waals surface area (Å²) in [5.74, 6) is -2.31. The first-order chi connectivity index (χ1) is 18.2. The lowest BCUT2D eigenvalue weighted by molar-refractivity contribution is -0.0579. The smallest absolute Gasteiger partial charge is 0.301 e. The molecule has 2 N–H and O–H groups in total. The van der Waals surface area contributed by atoms with Gasteiger partial charge in [-0.15, -0.1) is 0 Å². The molecule has 0 spiro atoms. The number of rotatable bonds is 4. The number of benzene rings is 1.